The number of likely N-dealkylation sites (tertiary alicyclic amines) is 1. The number of amides is 2. The monoisotopic (exact) mass is 333 g/mol. The van der Waals surface area contributed by atoms with Crippen LogP contribution in [0, 0.1) is 5.41 Å². The molecule has 1 aliphatic rings. The average Bonchev–Trinajstić information content (AvgIpc) is 2.99. The number of carboxylic acids is 1. The van der Waals surface area contributed by atoms with Crippen molar-refractivity contribution in [2.24, 2.45) is 5.41 Å². The molecule has 1 aliphatic heterocycles. The Morgan fingerprint density at radius 3 is 2.62 bits per heavy atom. The van der Waals surface area contributed by atoms with Gasteiger partial charge in [0.1, 0.15) is 0 Å². The predicted molar refractivity (Wildman–Crippen MR) is 94.3 cm³/mol. The highest BCUT2D eigenvalue weighted by Gasteiger charge is 2.42. The smallest absolute Gasteiger partial charge is 0.317 e. The number of carbonyl (C=O) groups excluding carboxylic acids is 1. The topological polar surface area (TPSA) is 72.9 Å². The second-order valence-electron chi connectivity index (χ2n) is 6.54. The molecular formula is C18H27N3O3. The van der Waals surface area contributed by atoms with E-state index in [2.05, 4.69) is 29.3 Å². The Hall–Kier alpha value is -2.24. The van der Waals surface area contributed by atoms with E-state index in [1.165, 1.54) is 5.69 Å². The first kappa shape index (κ1) is 18.1. The Labute approximate surface area is 143 Å². The molecule has 1 aromatic rings. The van der Waals surface area contributed by atoms with Crippen LogP contribution in [0.2, 0.25) is 0 Å². The third-order valence-corrected chi connectivity index (χ3v) is 4.66. The third-order valence-electron chi connectivity index (χ3n) is 4.66. The summed E-state index contributed by atoms with van der Waals surface area (Å²) in [7, 11) is 0. The van der Waals surface area contributed by atoms with Crippen LogP contribution >= 0.6 is 0 Å². The molecule has 6 heteroatoms. The number of rotatable bonds is 7. The number of benzene rings is 1. The highest BCUT2D eigenvalue weighted by molar-refractivity contribution is 5.79. The molecule has 2 N–H and O–H groups in total. The van der Waals surface area contributed by atoms with Crippen molar-refractivity contribution in [3.8, 4) is 0 Å². The molecule has 2 rings (SSSR count). The minimum Gasteiger partial charge on any atom is -0.481 e. The van der Waals surface area contributed by atoms with E-state index >= 15 is 0 Å². The van der Waals surface area contributed by atoms with E-state index in [1.807, 2.05) is 18.2 Å². The number of urea groups is 1. The summed E-state index contributed by atoms with van der Waals surface area (Å²) < 4.78 is 0. The summed E-state index contributed by atoms with van der Waals surface area (Å²) in [5.41, 5.74) is 0.368. The van der Waals surface area contributed by atoms with Crippen molar-refractivity contribution in [3.05, 3.63) is 30.3 Å². The highest BCUT2D eigenvalue weighted by atomic mass is 16.4. The molecule has 0 aromatic heterocycles. The summed E-state index contributed by atoms with van der Waals surface area (Å²) in [4.78, 5) is 27.2. The van der Waals surface area contributed by atoms with Gasteiger partial charge in [0.05, 0.1) is 5.41 Å². The zero-order valence-electron chi connectivity index (χ0n) is 14.5. The van der Waals surface area contributed by atoms with E-state index in [0.29, 0.717) is 19.5 Å². The second kappa shape index (κ2) is 8.04. The van der Waals surface area contributed by atoms with Crippen LogP contribution in [0.5, 0.6) is 0 Å². The van der Waals surface area contributed by atoms with Crippen LogP contribution in [0.15, 0.2) is 30.3 Å². The van der Waals surface area contributed by atoms with Crippen LogP contribution in [-0.2, 0) is 4.79 Å². The van der Waals surface area contributed by atoms with Gasteiger partial charge < -0.3 is 20.2 Å². The van der Waals surface area contributed by atoms with Crippen molar-refractivity contribution < 1.29 is 14.7 Å². The van der Waals surface area contributed by atoms with Crippen molar-refractivity contribution in [1.29, 1.82) is 0 Å². The summed E-state index contributed by atoms with van der Waals surface area (Å²) in [5, 5.41) is 12.1. The molecule has 1 aromatic carbocycles. The third kappa shape index (κ3) is 4.40. The fraction of sp³-hybridized carbons (Fsp3) is 0.556. The van der Waals surface area contributed by atoms with Gasteiger partial charge in [-0.15, -0.1) is 0 Å². The van der Waals surface area contributed by atoms with Crippen LogP contribution in [0.3, 0.4) is 0 Å². The lowest BCUT2D eigenvalue weighted by Gasteiger charge is -2.24. The first-order chi connectivity index (χ1) is 11.5. The van der Waals surface area contributed by atoms with E-state index in [0.717, 1.165) is 19.5 Å². The zero-order valence-corrected chi connectivity index (χ0v) is 14.5. The van der Waals surface area contributed by atoms with Gasteiger partial charge in [0.15, 0.2) is 0 Å². The van der Waals surface area contributed by atoms with E-state index in [-0.39, 0.29) is 12.6 Å². The van der Waals surface area contributed by atoms with Crippen molar-refractivity contribution in [1.82, 2.24) is 10.2 Å². The molecule has 1 atom stereocenters. The van der Waals surface area contributed by atoms with E-state index in [9.17, 15) is 14.7 Å². The number of hydrogen-bond donors (Lipinski definition) is 2. The molecular weight excluding hydrogens is 306 g/mol. The number of anilines is 1. The summed E-state index contributed by atoms with van der Waals surface area (Å²) in [6.07, 6.45) is 1.35. The number of nitrogens with one attached hydrogen (secondary N) is 1. The van der Waals surface area contributed by atoms with Crippen LogP contribution < -0.4 is 10.2 Å². The fourth-order valence-electron chi connectivity index (χ4n) is 2.99. The summed E-state index contributed by atoms with van der Waals surface area (Å²) in [6.45, 7) is 6.96. The van der Waals surface area contributed by atoms with Crippen LogP contribution in [0.25, 0.3) is 0 Å². The molecule has 2 amide bonds. The maximum Gasteiger partial charge on any atom is 0.317 e. The van der Waals surface area contributed by atoms with Crippen molar-refractivity contribution in [2.75, 3.05) is 37.6 Å². The fourth-order valence-corrected chi connectivity index (χ4v) is 2.99. The van der Waals surface area contributed by atoms with Gasteiger partial charge in [-0.1, -0.05) is 18.2 Å². The summed E-state index contributed by atoms with van der Waals surface area (Å²) >= 11 is 0. The van der Waals surface area contributed by atoms with Gasteiger partial charge in [0.2, 0.25) is 0 Å². The molecule has 1 heterocycles. The van der Waals surface area contributed by atoms with Gasteiger partial charge >= 0.3 is 12.0 Å². The summed E-state index contributed by atoms with van der Waals surface area (Å²) in [6, 6.07) is 10.0. The molecule has 24 heavy (non-hydrogen) atoms. The van der Waals surface area contributed by atoms with Gasteiger partial charge in [-0.3, -0.25) is 4.79 Å². The molecule has 0 radical (unpaired) electrons. The number of carbonyl (C=O) groups is 2. The molecule has 0 saturated carbocycles. The number of nitrogens with zero attached hydrogens (tertiary/aromatic N) is 2. The first-order valence-electron chi connectivity index (χ1n) is 8.52. The maximum absolute atomic E-state index is 12.1. The number of hydrogen-bond acceptors (Lipinski definition) is 3. The van der Waals surface area contributed by atoms with Gasteiger partial charge in [-0.2, -0.15) is 0 Å². The Morgan fingerprint density at radius 1 is 1.33 bits per heavy atom. The molecule has 0 aliphatic carbocycles. The Bertz CT molecular complexity index is 564. The lowest BCUT2D eigenvalue weighted by Crippen LogP contribution is -2.41. The minimum absolute atomic E-state index is 0.164. The van der Waals surface area contributed by atoms with Gasteiger partial charge in [-0.05, 0) is 38.8 Å². The van der Waals surface area contributed by atoms with E-state index in [4.69, 9.17) is 0 Å². The van der Waals surface area contributed by atoms with Crippen molar-refractivity contribution in [2.45, 2.75) is 26.7 Å². The second-order valence-corrected chi connectivity index (χ2v) is 6.54. The Morgan fingerprint density at radius 2 is 2.04 bits per heavy atom. The van der Waals surface area contributed by atoms with Crippen molar-refractivity contribution in [3.63, 3.8) is 0 Å². The predicted octanol–water partition coefficient (Wildman–Crippen LogP) is 2.41. The first-order valence-corrected chi connectivity index (χ1v) is 8.52. The quantitative estimate of drug-likeness (QED) is 0.752. The van der Waals surface area contributed by atoms with Gasteiger partial charge in [0.25, 0.3) is 0 Å². The lowest BCUT2D eigenvalue weighted by molar-refractivity contribution is -0.146. The zero-order chi connectivity index (χ0) is 17.6. The van der Waals surface area contributed by atoms with Gasteiger partial charge in [0, 0.05) is 38.4 Å². The minimum atomic E-state index is -0.834. The van der Waals surface area contributed by atoms with Crippen LogP contribution in [-0.4, -0.2) is 54.7 Å². The van der Waals surface area contributed by atoms with Crippen LogP contribution in [0.1, 0.15) is 26.7 Å². The molecule has 6 nitrogen and oxygen atoms in total. The molecule has 1 saturated heterocycles. The largest absolute Gasteiger partial charge is 0.481 e. The van der Waals surface area contributed by atoms with Crippen molar-refractivity contribution >= 4 is 17.7 Å². The summed E-state index contributed by atoms with van der Waals surface area (Å²) in [5.74, 6) is -0.834. The van der Waals surface area contributed by atoms with E-state index in [1.54, 1.807) is 11.8 Å². The maximum atomic E-state index is 12.1. The number of aliphatic carboxylic acids is 1. The normalized spacial score (nSPS) is 20.0. The Kier molecular flexibility index (Phi) is 6.06. The number of para-hydroxylation sites is 1. The van der Waals surface area contributed by atoms with E-state index < -0.39 is 11.4 Å². The number of carboxylic acid groups (broad SMARTS) is 1. The van der Waals surface area contributed by atoms with Gasteiger partial charge in [-0.25, -0.2) is 4.79 Å². The highest BCUT2D eigenvalue weighted by Crippen LogP contribution is 2.29. The lowest BCUT2D eigenvalue weighted by atomic mass is 9.90. The molecule has 132 valence electrons. The molecule has 0 bridgehead atoms. The standard InChI is InChI=1S/C18H27N3O3/c1-3-20(15-8-5-4-6-9-15)12-7-11-19-17(24)21-13-10-18(2,14-21)16(22)23/h4-6,8-9H,3,7,10-14H2,1-2H3,(H,19,24)(H,22,23). The van der Waals surface area contributed by atoms with Crippen LogP contribution in [0.4, 0.5) is 10.5 Å². The molecule has 1 fully saturated rings. The molecule has 1 unspecified atom stereocenters. The Balaban J connectivity index is 1.72. The SMILES string of the molecule is CCN(CCCNC(=O)N1CCC(C)(C(=O)O)C1)c1ccccc1. The average molecular weight is 333 g/mol. The molecule has 0 spiro atoms.